The van der Waals surface area contributed by atoms with Gasteiger partial charge < -0.3 is 5.32 Å². The fraction of sp³-hybridized carbons (Fsp3) is 0.421. The average molecular weight is 514 g/mol. The molecule has 0 bridgehead atoms. The third kappa shape index (κ3) is 4.39. The van der Waals surface area contributed by atoms with E-state index in [0.717, 1.165) is 0 Å². The summed E-state index contributed by atoms with van der Waals surface area (Å²) in [4.78, 5) is 0. The minimum absolute atomic E-state index is 0.0236. The maximum atomic E-state index is 3.95. The predicted molar refractivity (Wildman–Crippen MR) is 165 cm³/mol. The average Bonchev–Trinajstić information content (AvgIpc) is 3.33. The van der Waals surface area contributed by atoms with E-state index >= 15 is 0 Å². The van der Waals surface area contributed by atoms with E-state index in [1.165, 1.54) is 67.3 Å². The highest BCUT2D eigenvalue weighted by Crippen LogP contribution is 2.51. The number of hydrogen-bond donors (Lipinski definition) is 1. The molecule has 0 radical (unpaired) electrons. The molecule has 3 aromatic carbocycles. The molecule has 200 valence electrons. The molecule has 1 nitrogen and oxygen atoms in total. The van der Waals surface area contributed by atoms with Crippen molar-refractivity contribution >= 4 is 5.69 Å². The molecule has 39 heavy (non-hydrogen) atoms. The van der Waals surface area contributed by atoms with Crippen molar-refractivity contribution in [2.24, 2.45) is 17.8 Å². The largest absolute Gasteiger partial charge is 0.381 e. The van der Waals surface area contributed by atoms with E-state index in [4.69, 9.17) is 0 Å². The Morgan fingerprint density at radius 2 is 1.54 bits per heavy atom. The Kier molecular flexibility index (Phi) is 6.50. The first-order valence-corrected chi connectivity index (χ1v) is 15.5. The van der Waals surface area contributed by atoms with Crippen molar-refractivity contribution in [1.29, 1.82) is 0 Å². The molecule has 1 aliphatic heterocycles. The van der Waals surface area contributed by atoms with Gasteiger partial charge >= 0.3 is 0 Å². The highest BCUT2D eigenvalue weighted by molar-refractivity contribution is 5.62. The van der Waals surface area contributed by atoms with Crippen molar-refractivity contribution in [1.82, 2.24) is 0 Å². The Morgan fingerprint density at radius 1 is 0.769 bits per heavy atom. The standard InChI is InChI=1S/C38H43N/c1-26-13-5-4-12-22-38(2,30-16-6-3-7-17-30)34-19-11-10-18-31(34)37(26)29-20-21-35-32(24-29)33-23-27-14-8-9-15-28(27)25-36(33)39-35/h3,6-11,14-21,24,26-28,33,36-37,39H,4-5,12-13,22-23,25H2,1-2H3/t26?,27?,28-,33?,36?,37?,38?/m1/s1. The van der Waals surface area contributed by atoms with Crippen molar-refractivity contribution in [3.63, 3.8) is 0 Å². The molecule has 0 saturated heterocycles. The zero-order valence-electron chi connectivity index (χ0n) is 23.7. The lowest BCUT2D eigenvalue weighted by molar-refractivity contribution is 0.288. The number of benzene rings is 3. The molecule has 1 heterocycles. The van der Waals surface area contributed by atoms with Gasteiger partial charge in [-0.05, 0) is 77.3 Å². The number of nitrogens with one attached hydrogen (secondary N) is 1. The lowest BCUT2D eigenvalue weighted by Gasteiger charge is -2.38. The minimum atomic E-state index is 0.0236. The molecule has 1 saturated carbocycles. The Morgan fingerprint density at radius 3 is 2.38 bits per heavy atom. The molecule has 3 aliphatic carbocycles. The molecule has 1 fully saturated rings. The lowest BCUT2D eigenvalue weighted by Crippen LogP contribution is -2.34. The fourth-order valence-electron chi connectivity index (χ4n) is 8.65. The van der Waals surface area contributed by atoms with E-state index in [1.807, 2.05) is 0 Å². The van der Waals surface area contributed by atoms with Crippen molar-refractivity contribution in [3.05, 3.63) is 125 Å². The van der Waals surface area contributed by atoms with E-state index in [2.05, 4.69) is 116 Å². The van der Waals surface area contributed by atoms with Gasteiger partial charge in [0.2, 0.25) is 0 Å². The summed E-state index contributed by atoms with van der Waals surface area (Å²) in [6.45, 7) is 5.02. The molecular formula is C38H43N. The van der Waals surface area contributed by atoms with Gasteiger partial charge in [0.25, 0.3) is 0 Å². The van der Waals surface area contributed by atoms with Crippen LogP contribution in [0.1, 0.15) is 98.4 Å². The maximum Gasteiger partial charge on any atom is 0.0378 e. The monoisotopic (exact) mass is 513 g/mol. The second-order valence-electron chi connectivity index (χ2n) is 13.1. The summed E-state index contributed by atoms with van der Waals surface area (Å²) in [7, 11) is 0. The smallest absolute Gasteiger partial charge is 0.0378 e. The molecule has 0 amide bonds. The maximum absolute atomic E-state index is 3.95. The highest BCUT2D eigenvalue weighted by atomic mass is 15.0. The van der Waals surface area contributed by atoms with Gasteiger partial charge in [0.15, 0.2) is 0 Å². The van der Waals surface area contributed by atoms with E-state index in [1.54, 1.807) is 11.1 Å². The SMILES string of the molecule is CC1CCCCCC(C)(c2ccccc2)c2ccccc2C1c1ccc2c(c1)C1CC3C=CC=C[C@@H]3CC1N2. The summed E-state index contributed by atoms with van der Waals surface area (Å²) in [5.74, 6) is 3.03. The Bertz CT molecular complexity index is 1380. The summed E-state index contributed by atoms with van der Waals surface area (Å²) in [5.41, 5.74) is 9.04. The summed E-state index contributed by atoms with van der Waals surface area (Å²) in [6, 6.07) is 28.8. The van der Waals surface area contributed by atoms with Gasteiger partial charge in [-0.3, -0.25) is 0 Å². The van der Waals surface area contributed by atoms with Crippen LogP contribution in [0.2, 0.25) is 0 Å². The van der Waals surface area contributed by atoms with Crippen molar-refractivity contribution in [3.8, 4) is 0 Å². The van der Waals surface area contributed by atoms with Crippen molar-refractivity contribution in [2.45, 2.75) is 82.1 Å². The number of fused-ring (bicyclic) bond motifs is 5. The van der Waals surface area contributed by atoms with Crippen LogP contribution in [0.25, 0.3) is 0 Å². The van der Waals surface area contributed by atoms with Crippen molar-refractivity contribution < 1.29 is 0 Å². The molecular weight excluding hydrogens is 470 g/mol. The van der Waals surface area contributed by atoms with Crippen LogP contribution in [0.5, 0.6) is 0 Å². The summed E-state index contributed by atoms with van der Waals surface area (Å²) < 4.78 is 0. The van der Waals surface area contributed by atoms with Gasteiger partial charge in [0.1, 0.15) is 0 Å². The molecule has 0 spiro atoms. The first-order chi connectivity index (χ1) is 19.1. The van der Waals surface area contributed by atoms with Gasteiger partial charge in [-0.25, -0.2) is 0 Å². The van der Waals surface area contributed by atoms with Gasteiger partial charge in [-0.2, -0.15) is 0 Å². The Hall–Kier alpha value is -3.06. The number of anilines is 1. The van der Waals surface area contributed by atoms with E-state index in [0.29, 0.717) is 35.6 Å². The van der Waals surface area contributed by atoms with Crippen LogP contribution in [-0.2, 0) is 5.41 Å². The van der Waals surface area contributed by atoms with Crippen LogP contribution in [0.15, 0.2) is 97.1 Å². The van der Waals surface area contributed by atoms with Crippen LogP contribution >= 0.6 is 0 Å². The van der Waals surface area contributed by atoms with Gasteiger partial charge in [0, 0.05) is 29.0 Å². The molecule has 1 heteroatoms. The zero-order valence-corrected chi connectivity index (χ0v) is 23.7. The van der Waals surface area contributed by atoms with Crippen LogP contribution in [0.4, 0.5) is 5.69 Å². The van der Waals surface area contributed by atoms with Gasteiger partial charge in [-0.1, -0.05) is 124 Å². The topological polar surface area (TPSA) is 12.0 Å². The van der Waals surface area contributed by atoms with Gasteiger partial charge in [0.05, 0.1) is 0 Å². The van der Waals surface area contributed by atoms with E-state index < -0.39 is 0 Å². The number of allylic oxidation sites excluding steroid dienone is 4. The molecule has 3 aromatic rings. The third-order valence-corrected chi connectivity index (χ3v) is 10.8. The fourth-order valence-corrected chi connectivity index (χ4v) is 8.65. The second-order valence-corrected chi connectivity index (χ2v) is 13.1. The normalized spacial score (nSPS) is 33.3. The first-order valence-electron chi connectivity index (χ1n) is 15.5. The van der Waals surface area contributed by atoms with Crippen LogP contribution in [0, 0.1) is 17.8 Å². The predicted octanol–water partition coefficient (Wildman–Crippen LogP) is 9.75. The highest BCUT2D eigenvalue weighted by Gasteiger charge is 2.42. The van der Waals surface area contributed by atoms with Crippen molar-refractivity contribution in [2.75, 3.05) is 5.32 Å². The quantitative estimate of drug-likeness (QED) is 0.359. The van der Waals surface area contributed by atoms with E-state index in [-0.39, 0.29) is 5.41 Å². The summed E-state index contributed by atoms with van der Waals surface area (Å²) >= 11 is 0. The van der Waals surface area contributed by atoms with Crippen LogP contribution < -0.4 is 5.32 Å². The lowest BCUT2D eigenvalue weighted by atomic mass is 9.66. The number of hydrogen-bond acceptors (Lipinski definition) is 1. The second kappa shape index (κ2) is 10.2. The molecule has 1 N–H and O–H groups in total. The van der Waals surface area contributed by atoms with Crippen LogP contribution in [0.3, 0.4) is 0 Å². The number of rotatable bonds is 2. The zero-order chi connectivity index (χ0) is 26.4. The van der Waals surface area contributed by atoms with Gasteiger partial charge in [-0.15, -0.1) is 0 Å². The Balaban J connectivity index is 1.32. The molecule has 0 aromatic heterocycles. The molecule has 4 aliphatic rings. The van der Waals surface area contributed by atoms with E-state index in [9.17, 15) is 0 Å². The third-order valence-electron chi connectivity index (χ3n) is 10.8. The molecule has 7 rings (SSSR count). The minimum Gasteiger partial charge on any atom is -0.381 e. The summed E-state index contributed by atoms with van der Waals surface area (Å²) in [6.07, 6.45) is 18.4. The Labute approximate surface area is 235 Å². The molecule has 7 atom stereocenters. The molecule has 6 unspecified atom stereocenters. The van der Waals surface area contributed by atoms with Crippen LogP contribution in [-0.4, -0.2) is 6.04 Å². The summed E-state index contributed by atoms with van der Waals surface area (Å²) in [5, 5.41) is 3.95. The first kappa shape index (κ1) is 24.9.